The van der Waals surface area contributed by atoms with Gasteiger partial charge in [0.05, 0.1) is 34.1 Å². The van der Waals surface area contributed by atoms with Gasteiger partial charge in [0.2, 0.25) is 11.5 Å². The number of anilines is 1. The Labute approximate surface area is 169 Å². The molecule has 0 aliphatic carbocycles. The zero-order valence-electron chi connectivity index (χ0n) is 16.9. The maximum atomic E-state index is 5.68. The van der Waals surface area contributed by atoms with Crippen LogP contribution in [0.4, 0.5) is 5.69 Å². The lowest BCUT2D eigenvalue weighted by molar-refractivity contribution is 0.306. The Hall–Kier alpha value is -2.93. The number of benzene rings is 2. The Morgan fingerprint density at radius 2 is 1.43 bits per heavy atom. The summed E-state index contributed by atoms with van der Waals surface area (Å²) in [5, 5.41) is 2.00. The van der Waals surface area contributed by atoms with Crippen LogP contribution in [-0.4, -0.2) is 46.9 Å². The minimum atomic E-state index is 0.486. The van der Waals surface area contributed by atoms with Crippen LogP contribution in [-0.2, 0) is 0 Å². The zero-order chi connectivity index (χ0) is 20.3. The molecular formula is C21H24N2O4S. The van der Waals surface area contributed by atoms with Gasteiger partial charge < -0.3 is 23.8 Å². The number of rotatable bonds is 7. The summed E-state index contributed by atoms with van der Waals surface area (Å²) in [6.45, 7) is 0. The fourth-order valence-electron chi connectivity index (χ4n) is 3.09. The van der Waals surface area contributed by atoms with Gasteiger partial charge in [-0.3, -0.25) is 0 Å². The van der Waals surface area contributed by atoms with Gasteiger partial charge in [-0.1, -0.05) is 12.1 Å². The van der Waals surface area contributed by atoms with Crippen molar-refractivity contribution < 1.29 is 18.9 Å². The predicted molar refractivity (Wildman–Crippen MR) is 114 cm³/mol. The molecule has 0 radical (unpaired) electrons. The van der Waals surface area contributed by atoms with Crippen molar-refractivity contribution in [3.8, 4) is 45.4 Å². The standard InChI is InChI=1S/C21H24N2O4S/c1-23(2)14-9-7-13(8-10-14)18-16(12-28-22-18)15-11-17(24-3)20(26-5)21(27-6)19(15)25-4/h7-12H,1-6H3. The van der Waals surface area contributed by atoms with Crippen LogP contribution in [0.5, 0.6) is 23.0 Å². The topological polar surface area (TPSA) is 53.1 Å². The molecule has 0 saturated carbocycles. The van der Waals surface area contributed by atoms with Crippen LogP contribution in [0.25, 0.3) is 22.4 Å². The van der Waals surface area contributed by atoms with Crippen LogP contribution in [0.15, 0.2) is 35.7 Å². The molecule has 1 aromatic heterocycles. The molecule has 0 N–H and O–H groups in total. The van der Waals surface area contributed by atoms with Crippen molar-refractivity contribution in [3.63, 3.8) is 0 Å². The fraction of sp³-hybridized carbons (Fsp3) is 0.286. The SMILES string of the molecule is COc1cc(-c2csnc2-c2ccc(N(C)C)cc2)c(OC)c(OC)c1OC. The summed E-state index contributed by atoms with van der Waals surface area (Å²) in [6.07, 6.45) is 0. The van der Waals surface area contributed by atoms with E-state index in [0.717, 1.165) is 28.1 Å². The summed E-state index contributed by atoms with van der Waals surface area (Å²) in [7, 11) is 10.4. The molecule has 7 heteroatoms. The van der Waals surface area contributed by atoms with Gasteiger partial charge >= 0.3 is 0 Å². The fourth-order valence-corrected chi connectivity index (χ4v) is 3.79. The molecule has 2 aromatic carbocycles. The van der Waals surface area contributed by atoms with Gasteiger partial charge in [0.25, 0.3) is 0 Å². The van der Waals surface area contributed by atoms with Gasteiger partial charge in [-0.2, -0.15) is 4.37 Å². The summed E-state index contributed by atoms with van der Waals surface area (Å²) in [5.41, 5.74) is 4.81. The van der Waals surface area contributed by atoms with Gasteiger partial charge in [-0.05, 0) is 29.7 Å². The van der Waals surface area contributed by atoms with Gasteiger partial charge in [0, 0.05) is 41.9 Å². The maximum absolute atomic E-state index is 5.68. The normalized spacial score (nSPS) is 10.5. The van der Waals surface area contributed by atoms with Crippen molar-refractivity contribution in [2.45, 2.75) is 0 Å². The molecule has 0 saturated heterocycles. The van der Waals surface area contributed by atoms with Crippen molar-refractivity contribution >= 4 is 17.2 Å². The van der Waals surface area contributed by atoms with Crippen LogP contribution >= 0.6 is 11.5 Å². The monoisotopic (exact) mass is 400 g/mol. The Morgan fingerprint density at radius 1 is 0.786 bits per heavy atom. The minimum Gasteiger partial charge on any atom is -0.493 e. The summed E-state index contributed by atoms with van der Waals surface area (Å²) in [4.78, 5) is 2.06. The van der Waals surface area contributed by atoms with Crippen molar-refractivity contribution in [1.29, 1.82) is 0 Å². The Bertz CT molecular complexity index is 952. The maximum Gasteiger partial charge on any atom is 0.207 e. The molecule has 0 bridgehead atoms. The second kappa shape index (κ2) is 8.39. The smallest absolute Gasteiger partial charge is 0.207 e. The highest BCUT2D eigenvalue weighted by molar-refractivity contribution is 7.04. The van der Waals surface area contributed by atoms with E-state index < -0.39 is 0 Å². The Morgan fingerprint density at radius 3 is 1.96 bits per heavy atom. The van der Waals surface area contributed by atoms with Crippen molar-refractivity contribution in [2.75, 3.05) is 47.4 Å². The molecule has 0 fully saturated rings. The van der Waals surface area contributed by atoms with E-state index in [-0.39, 0.29) is 0 Å². The van der Waals surface area contributed by atoms with E-state index in [1.54, 1.807) is 28.4 Å². The van der Waals surface area contributed by atoms with E-state index in [0.29, 0.717) is 23.0 Å². The van der Waals surface area contributed by atoms with Gasteiger partial charge in [-0.25, -0.2) is 0 Å². The lowest BCUT2D eigenvalue weighted by Crippen LogP contribution is -2.07. The van der Waals surface area contributed by atoms with E-state index in [9.17, 15) is 0 Å². The third-order valence-corrected chi connectivity index (χ3v) is 5.13. The first-order chi connectivity index (χ1) is 13.5. The van der Waals surface area contributed by atoms with Crippen LogP contribution in [0.2, 0.25) is 0 Å². The second-order valence-corrected chi connectivity index (χ2v) is 6.87. The average Bonchev–Trinajstić information content (AvgIpc) is 3.21. The zero-order valence-corrected chi connectivity index (χ0v) is 17.7. The highest BCUT2D eigenvalue weighted by Crippen LogP contribution is 2.51. The largest absolute Gasteiger partial charge is 0.493 e. The number of nitrogens with zero attached hydrogens (tertiary/aromatic N) is 2. The highest BCUT2D eigenvalue weighted by atomic mass is 32.1. The van der Waals surface area contributed by atoms with E-state index in [4.69, 9.17) is 18.9 Å². The van der Waals surface area contributed by atoms with E-state index in [2.05, 4.69) is 33.5 Å². The van der Waals surface area contributed by atoms with Crippen LogP contribution in [0.1, 0.15) is 0 Å². The molecular weight excluding hydrogens is 376 g/mol. The molecule has 3 rings (SSSR count). The lowest BCUT2D eigenvalue weighted by atomic mass is 9.99. The molecule has 3 aromatic rings. The van der Waals surface area contributed by atoms with Gasteiger partial charge in [0.1, 0.15) is 0 Å². The van der Waals surface area contributed by atoms with E-state index in [1.165, 1.54) is 11.5 Å². The number of hydrogen-bond acceptors (Lipinski definition) is 7. The Kier molecular flexibility index (Phi) is 5.94. The molecule has 28 heavy (non-hydrogen) atoms. The third-order valence-electron chi connectivity index (χ3n) is 4.51. The molecule has 0 aliphatic heterocycles. The molecule has 0 atom stereocenters. The first-order valence-corrected chi connectivity index (χ1v) is 9.48. The summed E-state index contributed by atoms with van der Waals surface area (Å²) < 4.78 is 26.9. The van der Waals surface area contributed by atoms with Crippen LogP contribution < -0.4 is 23.8 Å². The molecule has 6 nitrogen and oxygen atoms in total. The Balaban J connectivity index is 2.19. The molecule has 0 amide bonds. The minimum absolute atomic E-state index is 0.486. The van der Waals surface area contributed by atoms with E-state index in [1.807, 2.05) is 25.5 Å². The summed E-state index contributed by atoms with van der Waals surface area (Å²) in [5.74, 6) is 2.12. The molecule has 1 heterocycles. The predicted octanol–water partition coefficient (Wildman–Crippen LogP) is 4.58. The molecule has 0 unspecified atom stereocenters. The molecule has 148 valence electrons. The lowest BCUT2D eigenvalue weighted by Gasteiger charge is -2.19. The highest BCUT2D eigenvalue weighted by Gasteiger charge is 2.25. The quantitative estimate of drug-likeness (QED) is 0.579. The summed E-state index contributed by atoms with van der Waals surface area (Å²) in [6, 6.07) is 10.2. The molecule has 0 spiro atoms. The first kappa shape index (κ1) is 19.8. The average molecular weight is 401 g/mol. The second-order valence-electron chi connectivity index (χ2n) is 6.24. The third kappa shape index (κ3) is 3.45. The number of hydrogen-bond donors (Lipinski definition) is 0. The van der Waals surface area contributed by atoms with Gasteiger partial charge in [-0.15, -0.1) is 0 Å². The van der Waals surface area contributed by atoms with Crippen LogP contribution in [0, 0.1) is 0 Å². The van der Waals surface area contributed by atoms with Crippen molar-refractivity contribution in [3.05, 3.63) is 35.7 Å². The number of aromatic nitrogens is 1. The van der Waals surface area contributed by atoms with Crippen molar-refractivity contribution in [1.82, 2.24) is 4.37 Å². The summed E-state index contributed by atoms with van der Waals surface area (Å²) >= 11 is 1.39. The molecule has 0 aliphatic rings. The van der Waals surface area contributed by atoms with Gasteiger partial charge in [0.15, 0.2) is 11.5 Å². The van der Waals surface area contributed by atoms with E-state index >= 15 is 0 Å². The number of methoxy groups -OCH3 is 4. The number of ether oxygens (including phenoxy) is 4. The van der Waals surface area contributed by atoms with Crippen molar-refractivity contribution in [2.24, 2.45) is 0 Å². The first-order valence-electron chi connectivity index (χ1n) is 8.65. The van der Waals surface area contributed by atoms with Crippen LogP contribution in [0.3, 0.4) is 0 Å².